The molecule has 2 N–H and O–H groups in total. The van der Waals surface area contributed by atoms with Crippen LogP contribution in [0.5, 0.6) is 11.5 Å². The molecule has 5 heteroatoms. The second-order valence-corrected chi connectivity index (χ2v) is 3.86. The van der Waals surface area contributed by atoms with Crippen molar-refractivity contribution in [3.8, 4) is 11.5 Å². The second-order valence-electron chi connectivity index (χ2n) is 3.86. The topological polar surface area (TPSA) is 59.2 Å². The van der Waals surface area contributed by atoms with Crippen LogP contribution in [0.15, 0.2) is 30.6 Å². The van der Waals surface area contributed by atoms with E-state index in [1.165, 1.54) is 0 Å². The summed E-state index contributed by atoms with van der Waals surface area (Å²) in [5.41, 5.74) is 2.06. The van der Waals surface area contributed by atoms with E-state index < -0.39 is 0 Å². The number of aromatic nitrogens is 2. The molecule has 0 saturated carbocycles. The van der Waals surface area contributed by atoms with Crippen molar-refractivity contribution in [1.29, 1.82) is 0 Å². The van der Waals surface area contributed by atoms with Gasteiger partial charge in [-0.2, -0.15) is 5.10 Å². The van der Waals surface area contributed by atoms with Crippen molar-refractivity contribution in [3.05, 3.63) is 41.7 Å². The van der Waals surface area contributed by atoms with E-state index in [9.17, 15) is 0 Å². The molecule has 0 bridgehead atoms. The highest BCUT2D eigenvalue weighted by molar-refractivity contribution is 5.45. The molecule has 1 unspecified atom stereocenters. The first-order valence-electron chi connectivity index (χ1n) is 5.68. The van der Waals surface area contributed by atoms with Gasteiger partial charge in [0.2, 0.25) is 0 Å². The third-order valence-corrected chi connectivity index (χ3v) is 2.89. The molecule has 96 valence electrons. The smallest absolute Gasteiger partial charge is 0.124 e. The van der Waals surface area contributed by atoms with Crippen LogP contribution in [0.25, 0.3) is 0 Å². The van der Waals surface area contributed by atoms with Gasteiger partial charge < -0.3 is 14.8 Å². The molecule has 0 aliphatic rings. The Morgan fingerprint density at radius 1 is 1.28 bits per heavy atom. The number of methoxy groups -OCH3 is 2. The Labute approximate surface area is 106 Å². The molecule has 0 radical (unpaired) electrons. The first kappa shape index (κ1) is 12.4. The number of aromatic amines is 1. The van der Waals surface area contributed by atoms with Crippen molar-refractivity contribution >= 4 is 0 Å². The molecule has 0 amide bonds. The van der Waals surface area contributed by atoms with E-state index in [1.807, 2.05) is 31.4 Å². The summed E-state index contributed by atoms with van der Waals surface area (Å²) in [6.45, 7) is 0. The Kier molecular flexibility index (Phi) is 3.84. The zero-order chi connectivity index (χ0) is 13.0. The number of H-pyrrole nitrogens is 1. The lowest BCUT2D eigenvalue weighted by atomic mass is 10.0. The molecule has 1 atom stereocenters. The second kappa shape index (κ2) is 5.55. The van der Waals surface area contributed by atoms with Gasteiger partial charge >= 0.3 is 0 Å². The maximum Gasteiger partial charge on any atom is 0.124 e. The van der Waals surface area contributed by atoms with Crippen molar-refractivity contribution in [2.45, 2.75) is 6.04 Å². The predicted molar refractivity (Wildman–Crippen MR) is 69.0 cm³/mol. The van der Waals surface area contributed by atoms with E-state index in [-0.39, 0.29) is 6.04 Å². The molecule has 2 aromatic rings. The number of nitrogens with zero attached hydrogens (tertiary/aromatic N) is 1. The maximum absolute atomic E-state index is 5.40. The van der Waals surface area contributed by atoms with Crippen LogP contribution >= 0.6 is 0 Å². The average Bonchev–Trinajstić information content (AvgIpc) is 2.93. The molecular weight excluding hydrogens is 230 g/mol. The fraction of sp³-hybridized carbons (Fsp3) is 0.308. The third-order valence-electron chi connectivity index (χ3n) is 2.89. The maximum atomic E-state index is 5.40. The Hall–Kier alpha value is -2.01. The largest absolute Gasteiger partial charge is 0.497 e. The summed E-state index contributed by atoms with van der Waals surface area (Å²) in [6.07, 6.45) is 3.65. The Morgan fingerprint density at radius 3 is 2.67 bits per heavy atom. The summed E-state index contributed by atoms with van der Waals surface area (Å²) in [5.74, 6) is 1.62. The first-order valence-corrected chi connectivity index (χ1v) is 5.68. The van der Waals surface area contributed by atoms with E-state index in [4.69, 9.17) is 9.47 Å². The molecule has 0 saturated heterocycles. The van der Waals surface area contributed by atoms with Gasteiger partial charge in [0.25, 0.3) is 0 Å². The molecule has 0 aliphatic heterocycles. The summed E-state index contributed by atoms with van der Waals surface area (Å²) in [7, 11) is 5.21. The van der Waals surface area contributed by atoms with E-state index in [0.29, 0.717) is 0 Å². The number of nitrogens with one attached hydrogen (secondary N) is 2. The number of hydrogen-bond donors (Lipinski definition) is 2. The molecule has 0 aliphatic carbocycles. The van der Waals surface area contributed by atoms with Crippen LogP contribution in [0.4, 0.5) is 0 Å². The molecule has 0 fully saturated rings. The van der Waals surface area contributed by atoms with Gasteiger partial charge in [0.05, 0.1) is 26.5 Å². The van der Waals surface area contributed by atoms with Crippen LogP contribution in [0.1, 0.15) is 17.2 Å². The van der Waals surface area contributed by atoms with Crippen LogP contribution in [-0.4, -0.2) is 31.5 Å². The van der Waals surface area contributed by atoms with E-state index >= 15 is 0 Å². The van der Waals surface area contributed by atoms with Crippen molar-refractivity contribution in [3.63, 3.8) is 0 Å². The quantitative estimate of drug-likeness (QED) is 0.845. The lowest BCUT2D eigenvalue weighted by Gasteiger charge is -2.19. The molecule has 18 heavy (non-hydrogen) atoms. The van der Waals surface area contributed by atoms with Crippen LogP contribution in [0.3, 0.4) is 0 Å². The summed E-state index contributed by atoms with van der Waals surface area (Å²) >= 11 is 0. The van der Waals surface area contributed by atoms with Gasteiger partial charge in [-0.25, -0.2) is 0 Å². The summed E-state index contributed by atoms with van der Waals surface area (Å²) in [5, 5.41) is 10.0. The Morgan fingerprint density at radius 2 is 2.11 bits per heavy atom. The van der Waals surface area contributed by atoms with E-state index in [1.54, 1.807) is 20.4 Å². The summed E-state index contributed by atoms with van der Waals surface area (Å²) in [4.78, 5) is 0. The van der Waals surface area contributed by atoms with Crippen LogP contribution in [-0.2, 0) is 0 Å². The molecule has 5 nitrogen and oxygen atoms in total. The number of ether oxygens (including phenoxy) is 2. The molecule has 1 aromatic carbocycles. The minimum absolute atomic E-state index is 0.00815. The zero-order valence-electron chi connectivity index (χ0n) is 10.7. The van der Waals surface area contributed by atoms with Gasteiger partial charge in [-0.05, 0) is 25.2 Å². The fourth-order valence-corrected chi connectivity index (χ4v) is 1.99. The van der Waals surface area contributed by atoms with Gasteiger partial charge in [-0.1, -0.05) is 0 Å². The Bertz CT molecular complexity index is 497. The highest BCUT2D eigenvalue weighted by atomic mass is 16.5. The van der Waals surface area contributed by atoms with E-state index in [0.717, 1.165) is 22.6 Å². The summed E-state index contributed by atoms with van der Waals surface area (Å²) < 4.78 is 10.7. The van der Waals surface area contributed by atoms with Crippen LogP contribution in [0, 0.1) is 0 Å². The molecule has 1 heterocycles. The van der Waals surface area contributed by atoms with Gasteiger partial charge in [0.1, 0.15) is 11.5 Å². The molecule has 1 aromatic heterocycles. The van der Waals surface area contributed by atoms with Gasteiger partial charge in [-0.3, -0.25) is 5.10 Å². The number of benzene rings is 1. The fourth-order valence-electron chi connectivity index (χ4n) is 1.99. The zero-order valence-corrected chi connectivity index (χ0v) is 10.7. The third kappa shape index (κ3) is 2.31. The lowest BCUT2D eigenvalue weighted by molar-refractivity contribution is 0.395. The molecular formula is C13H17N3O2. The number of rotatable bonds is 5. The van der Waals surface area contributed by atoms with Gasteiger partial charge in [0, 0.05) is 17.3 Å². The first-order chi connectivity index (χ1) is 8.80. The highest BCUT2D eigenvalue weighted by Crippen LogP contribution is 2.32. The average molecular weight is 247 g/mol. The van der Waals surface area contributed by atoms with Crippen molar-refractivity contribution < 1.29 is 9.47 Å². The molecule has 2 rings (SSSR count). The minimum atomic E-state index is 0.00815. The SMILES string of the molecule is CNC(c1cn[nH]c1)c1cc(OC)ccc1OC. The minimum Gasteiger partial charge on any atom is -0.497 e. The number of hydrogen-bond acceptors (Lipinski definition) is 4. The van der Waals surface area contributed by atoms with E-state index in [2.05, 4.69) is 15.5 Å². The lowest BCUT2D eigenvalue weighted by Crippen LogP contribution is -2.18. The van der Waals surface area contributed by atoms with Crippen LogP contribution < -0.4 is 14.8 Å². The predicted octanol–water partition coefficient (Wildman–Crippen LogP) is 1.74. The van der Waals surface area contributed by atoms with Crippen molar-refractivity contribution in [2.24, 2.45) is 0 Å². The summed E-state index contributed by atoms with van der Waals surface area (Å²) in [6, 6.07) is 5.75. The normalized spacial score (nSPS) is 12.2. The highest BCUT2D eigenvalue weighted by Gasteiger charge is 2.18. The van der Waals surface area contributed by atoms with Gasteiger partial charge in [-0.15, -0.1) is 0 Å². The van der Waals surface area contributed by atoms with Gasteiger partial charge in [0.15, 0.2) is 0 Å². The standard InChI is InChI=1S/C13H17N3O2/c1-14-13(9-7-15-16-8-9)11-6-10(17-2)4-5-12(11)18-3/h4-8,13-14H,1-3H3,(H,15,16). The van der Waals surface area contributed by atoms with Crippen molar-refractivity contribution in [1.82, 2.24) is 15.5 Å². The monoisotopic (exact) mass is 247 g/mol. The molecule has 0 spiro atoms. The Balaban J connectivity index is 2.46. The van der Waals surface area contributed by atoms with Crippen molar-refractivity contribution in [2.75, 3.05) is 21.3 Å². The van der Waals surface area contributed by atoms with Crippen LogP contribution in [0.2, 0.25) is 0 Å².